The smallest absolute Gasteiger partial charge is 0.237 e. The van der Waals surface area contributed by atoms with Crippen LogP contribution in [-0.2, 0) is 18.3 Å². The summed E-state index contributed by atoms with van der Waals surface area (Å²) in [4.78, 5) is 11.5. The fraction of sp³-hybridized carbons (Fsp3) is 0.636. The van der Waals surface area contributed by atoms with Crippen LogP contribution >= 0.6 is 0 Å². The third-order valence-electron chi connectivity index (χ3n) is 2.49. The predicted octanol–water partition coefficient (Wildman–Crippen LogP) is 0.0621. The second-order valence-corrected chi connectivity index (χ2v) is 4.33. The van der Waals surface area contributed by atoms with Crippen LogP contribution in [0.4, 0.5) is 0 Å². The standard InChI is InChI=1S/C11H20N4O/c1-8(2)10(12)11(16)13-5-4-9-6-14-15(3)7-9/h6-8,10H,4-5,12H2,1-3H3,(H,13,16)/t10-/m0/s1. The highest BCUT2D eigenvalue weighted by Crippen LogP contribution is 1.99. The molecule has 0 unspecified atom stereocenters. The molecule has 0 saturated heterocycles. The van der Waals surface area contributed by atoms with Gasteiger partial charge >= 0.3 is 0 Å². The zero-order valence-electron chi connectivity index (χ0n) is 10.1. The minimum Gasteiger partial charge on any atom is -0.354 e. The lowest BCUT2D eigenvalue weighted by atomic mass is 10.1. The molecule has 1 aromatic heterocycles. The average Bonchev–Trinajstić information content (AvgIpc) is 2.62. The summed E-state index contributed by atoms with van der Waals surface area (Å²) >= 11 is 0. The lowest BCUT2D eigenvalue weighted by Gasteiger charge is -2.14. The Hall–Kier alpha value is -1.36. The summed E-state index contributed by atoms with van der Waals surface area (Å²) in [5, 5.41) is 6.88. The maximum atomic E-state index is 11.5. The Kier molecular flexibility index (Phi) is 4.49. The highest BCUT2D eigenvalue weighted by Gasteiger charge is 2.16. The van der Waals surface area contributed by atoms with E-state index < -0.39 is 6.04 Å². The van der Waals surface area contributed by atoms with Gasteiger partial charge in [-0.2, -0.15) is 5.10 Å². The second kappa shape index (κ2) is 5.65. The van der Waals surface area contributed by atoms with Gasteiger partial charge in [0, 0.05) is 19.8 Å². The molecule has 3 N–H and O–H groups in total. The summed E-state index contributed by atoms with van der Waals surface area (Å²) in [6, 6.07) is -0.422. The van der Waals surface area contributed by atoms with E-state index in [1.165, 1.54) is 0 Å². The molecule has 1 heterocycles. The van der Waals surface area contributed by atoms with Gasteiger partial charge in [-0.25, -0.2) is 0 Å². The van der Waals surface area contributed by atoms with Crippen molar-refractivity contribution in [2.75, 3.05) is 6.54 Å². The Morgan fingerprint density at radius 3 is 2.81 bits per heavy atom. The topological polar surface area (TPSA) is 72.9 Å². The number of aromatic nitrogens is 2. The van der Waals surface area contributed by atoms with E-state index in [1.807, 2.05) is 27.1 Å². The van der Waals surface area contributed by atoms with Crippen LogP contribution in [0.2, 0.25) is 0 Å². The molecule has 0 fully saturated rings. The SMILES string of the molecule is CC(C)[C@H](N)C(=O)NCCc1cnn(C)c1. The van der Waals surface area contributed by atoms with Crippen molar-refractivity contribution in [2.45, 2.75) is 26.3 Å². The predicted molar refractivity (Wildman–Crippen MR) is 62.7 cm³/mol. The van der Waals surface area contributed by atoms with E-state index in [1.54, 1.807) is 10.9 Å². The molecular weight excluding hydrogens is 204 g/mol. The van der Waals surface area contributed by atoms with E-state index in [9.17, 15) is 4.79 Å². The minimum absolute atomic E-state index is 0.0844. The molecule has 0 saturated carbocycles. The van der Waals surface area contributed by atoms with Gasteiger partial charge in [0.15, 0.2) is 0 Å². The molecule has 0 aliphatic heterocycles. The molecule has 0 aliphatic carbocycles. The van der Waals surface area contributed by atoms with Crippen molar-refractivity contribution in [1.82, 2.24) is 15.1 Å². The van der Waals surface area contributed by atoms with E-state index in [0.29, 0.717) is 6.54 Å². The monoisotopic (exact) mass is 224 g/mol. The van der Waals surface area contributed by atoms with Gasteiger partial charge in [0.05, 0.1) is 12.2 Å². The van der Waals surface area contributed by atoms with Crippen molar-refractivity contribution in [1.29, 1.82) is 0 Å². The Bertz CT molecular complexity index is 346. The van der Waals surface area contributed by atoms with Crippen molar-refractivity contribution >= 4 is 5.91 Å². The number of rotatable bonds is 5. The Morgan fingerprint density at radius 1 is 1.62 bits per heavy atom. The maximum Gasteiger partial charge on any atom is 0.237 e. The zero-order chi connectivity index (χ0) is 12.1. The van der Waals surface area contributed by atoms with E-state index in [4.69, 9.17) is 5.73 Å². The van der Waals surface area contributed by atoms with E-state index >= 15 is 0 Å². The summed E-state index contributed by atoms with van der Waals surface area (Å²) in [6.07, 6.45) is 4.52. The number of nitrogens with one attached hydrogen (secondary N) is 1. The summed E-state index contributed by atoms with van der Waals surface area (Å²) < 4.78 is 1.75. The molecule has 0 aliphatic rings. The van der Waals surface area contributed by atoms with Gasteiger partial charge in [0.1, 0.15) is 0 Å². The van der Waals surface area contributed by atoms with E-state index in [-0.39, 0.29) is 11.8 Å². The maximum absolute atomic E-state index is 11.5. The number of nitrogens with two attached hydrogens (primary N) is 1. The summed E-state index contributed by atoms with van der Waals surface area (Å²) in [5.74, 6) is 0.0808. The number of nitrogens with zero attached hydrogens (tertiary/aromatic N) is 2. The van der Waals surface area contributed by atoms with Crippen molar-refractivity contribution in [3.63, 3.8) is 0 Å². The highest BCUT2D eigenvalue weighted by molar-refractivity contribution is 5.81. The van der Waals surface area contributed by atoms with Gasteiger partial charge in [0.25, 0.3) is 0 Å². The fourth-order valence-corrected chi connectivity index (χ4v) is 1.35. The first-order chi connectivity index (χ1) is 7.50. The molecule has 1 aromatic rings. The van der Waals surface area contributed by atoms with E-state index in [0.717, 1.165) is 12.0 Å². The van der Waals surface area contributed by atoms with Crippen molar-refractivity contribution in [3.05, 3.63) is 18.0 Å². The summed E-state index contributed by atoms with van der Waals surface area (Å²) in [7, 11) is 1.87. The first kappa shape index (κ1) is 12.7. The van der Waals surface area contributed by atoms with Crippen molar-refractivity contribution in [2.24, 2.45) is 18.7 Å². The number of carbonyl (C=O) groups excluding carboxylic acids is 1. The molecule has 0 aromatic carbocycles. The molecule has 1 atom stereocenters. The molecule has 5 nitrogen and oxygen atoms in total. The third-order valence-corrected chi connectivity index (χ3v) is 2.49. The van der Waals surface area contributed by atoms with Crippen LogP contribution in [0.1, 0.15) is 19.4 Å². The van der Waals surface area contributed by atoms with Gasteiger partial charge in [-0.15, -0.1) is 0 Å². The second-order valence-electron chi connectivity index (χ2n) is 4.33. The van der Waals surface area contributed by atoms with Crippen LogP contribution < -0.4 is 11.1 Å². The number of carbonyl (C=O) groups is 1. The van der Waals surface area contributed by atoms with E-state index in [2.05, 4.69) is 10.4 Å². The lowest BCUT2D eigenvalue weighted by molar-refractivity contribution is -0.123. The quantitative estimate of drug-likeness (QED) is 0.743. The number of hydrogen-bond donors (Lipinski definition) is 2. The molecule has 0 bridgehead atoms. The molecule has 90 valence electrons. The largest absolute Gasteiger partial charge is 0.354 e. The first-order valence-electron chi connectivity index (χ1n) is 5.51. The molecule has 16 heavy (non-hydrogen) atoms. The fourth-order valence-electron chi connectivity index (χ4n) is 1.35. The lowest BCUT2D eigenvalue weighted by Crippen LogP contribution is -2.44. The molecule has 5 heteroatoms. The summed E-state index contributed by atoms with van der Waals surface area (Å²) in [6.45, 7) is 4.47. The zero-order valence-corrected chi connectivity index (χ0v) is 10.1. The van der Waals surface area contributed by atoms with Crippen molar-refractivity contribution in [3.8, 4) is 0 Å². The first-order valence-corrected chi connectivity index (χ1v) is 5.51. The Balaban J connectivity index is 2.28. The van der Waals surface area contributed by atoms with Crippen LogP contribution in [0, 0.1) is 5.92 Å². The minimum atomic E-state index is -0.422. The van der Waals surface area contributed by atoms with Gasteiger partial charge in [-0.1, -0.05) is 13.8 Å². The number of aryl methyl sites for hydroxylation is 1. The van der Waals surface area contributed by atoms with Crippen molar-refractivity contribution < 1.29 is 4.79 Å². The highest BCUT2D eigenvalue weighted by atomic mass is 16.2. The van der Waals surface area contributed by atoms with Gasteiger partial charge in [0.2, 0.25) is 5.91 Å². The van der Waals surface area contributed by atoms with Crippen LogP contribution in [-0.4, -0.2) is 28.3 Å². The number of amides is 1. The van der Waals surface area contributed by atoms with Gasteiger partial charge in [-0.3, -0.25) is 9.48 Å². The van der Waals surface area contributed by atoms with Crippen LogP contribution in [0.3, 0.4) is 0 Å². The molecule has 1 amide bonds. The summed E-state index contributed by atoms with van der Waals surface area (Å²) in [5.41, 5.74) is 6.83. The van der Waals surface area contributed by atoms with Gasteiger partial charge < -0.3 is 11.1 Å². The third kappa shape index (κ3) is 3.66. The number of hydrogen-bond acceptors (Lipinski definition) is 3. The normalized spacial score (nSPS) is 12.8. The molecular formula is C11H20N4O. The van der Waals surface area contributed by atoms with Gasteiger partial charge in [-0.05, 0) is 17.9 Å². The Labute approximate surface area is 96.0 Å². The Morgan fingerprint density at radius 2 is 2.31 bits per heavy atom. The van der Waals surface area contributed by atoms with Crippen LogP contribution in [0.5, 0.6) is 0 Å². The molecule has 0 radical (unpaired) electrons. The molecule has 0 spiro atoms. The molecule has 1 rings (SSSR count). The van der Waals surface area contributed by atoms with Crippen LogP contribution in [0.15, 0.2) is 12.4 Å². The average molecular weight is 224 g/mol. The van der Waals surface area contributed by atoms with Crippen LogP contribution in [0.25, 0.3) is 0 Å².